The Morgan fingerprint density at radius 3 is 2.74 bits per heavy atom. The highest BCUT2D eigenvalue weighted by atomic mass is 19.2. The highest BCUT2D eigenvalue weighted by Gasteiger charge is 2.18. The highest BCUT2D eigenvalue weighted by molar-refractivity contribution is 5.18. The van der Waals surface area contributed by atoms with Gasteiger partial charge in [-0.3, -0.25) is 0 Å². The molecular formula is C15H22F2N2. The molecule has 0 radical (unpaired) electrons. The highest BCUT2D eigenvalue weighted by Crippen LogP contribution is 2.21. The Labute approximate surface area is 113 Å². The Balaban J connectivity index is 1.70. The van der Waals surface area contributed by atoms with Crippen LogP contribution in [-0.4, -0.2) is 31.1 Å². The van der Waals surface area contributed by atoms with Gasteiger partial charge in [0, 0.05) is 31.2 Å². The summed E-state index contributed by atoms with van der Waals surface area (Å²) in [7, 11) is 2.14. The molecule has 19 heavy (non-hydrogen) atoms. The van der Waals surface area contributed by atoms with Crippen LogP contribution in [0.5, 0.6) is 0 Å². The SMILES string of the molecule is CN(CCNCc1cccc(F)c1F)C1CCCC1. The first kappa shape index (κ1) is 14.4. The number of halogens is 2. The smallest absolute Gasteiger partial charge is 0.163 e. The molecule has 1 aromatic rings. The second-order valence-corrected chi connectivity index (χ2v) is 5.31. The van der Waals surface area contributed by atoms with E-state index in [-0.39, 0.29) is 0 Å². The Bertz CT molecular complexity index is 403. The summed E-state index contributed by atoms with van der Waals surface area (Å²) < 4.78 is 26.4. The molecule has 1 aliphatic rings. The summed E-state index contributed by atoms with van der Waals surface area (Å²) >= 11 is 0. The van der Waals surface area contributed by atoms with Crippen molar-refractivity contribution in [3.8, 4) is 0 Å². The third kappa shape index (κ3) is 3.98. The predicted octanol–water partition coefficient (Wildman–Crippen LogP) is 2.93. The molecule has 2 nitrogen and oxygen atoms in total. The van der Waals surface area contributed by atoms with Gasteiger partial charge in [-0.15, -0.1) is 0 Å². The first-order valence-electron chi connectivity index (χ1n) is 7.02. The molecule has 4 heteroatoms. The number of nitrogens with one attached hydrogen (secondary N) is 1. The maximum absolute atomic E-state index is 13.4. The molecule has 0 amide bonds. The minimum atomic E-state index is -0.776. The zero-order chi connectivity index (χ0) is 13.7. The van der Waals surface area contributed by atoms with Gasteiger partial charge in [0.15, 0.2) is 11.6 Å². The summed E-state index contributed by atoms with van der Waals surface area (Å²) in [6, 6.07) is 5.01. The lowest BCUT2D eigenvalue weighted by molar-refractivity contribution is 0.245. The van der Waals surface area contributed by atoms with Gasteiger partial charge in [0.25, 0.3) is 0 Å². The molecule has 0 aromatic heterocycles. The van der Waals surface area contributed by atoms with E-state index >= 15 is 0 Å². The van der Waals surface area contributed by atoms with Crippen LogP contribution in [0.1, 0.15) is 31.2 Å². The molecule has 0 aliphatic heterocycles. The molecule has 0 spiro atoms. The molecule has 2 rings (SSSR count). The summed E-state index contributed by atoms with van der Waals surface area (Å²) in [5.41, 5.74) is 0.392. The maximum atomic E-state index is 13.4. The Hall–Kier alpha value is -1.00. The van der Waals surface area contributed by atoms with Crippen molar-refractivity contribution < 1.29 is 8.78 Å². The number of hydrogen-bond acceptors (Lipinski definition) is 2. The van der Waals surface area contributed by atoms with Crippen molar-refractivity contribution in [2.24, 2.45) is 0 Å². The van der Waals surface area contributed by atoms with Crippen molar-refractivity contribution in [1.82, 2.24) is 10.2 Å². The molecule has 0 bridgehead atoms. The Kier molecular flexibility index (Phi) is 5.28. The van der Waals surface area contributed by atoms with Crippen LogP contribution in [-0.2, 0) is 6.54 Å². The summed E-state index contributed by atoms with van der Waals surface area (Å²) in [6.45, 7) is 2.12. The van der Waals surface area contributed by atoms with E-state index in [2.05, 4.69) is 17.3 Å². The van der Waals surface area contributed by atoms with E-state index in [1.165, 1.54) is 25.7 Å². The van der Waals surface area contributed by atoms with Gasteiger partial charge in [0.05, 0.1) is 0 Å². The monoisotopic (exact) mass is 268 g/mol. The zero-order valence-electron chi connectivity index (χ0n) is 11.5. The van der Waals surface area contributed by atoms with Crippen LogP contribution in [0.15, 0.2) is 18.2 Å². The number of hydrogen-bond donors (Lipinski definition) is 1. The summed E-state index contributed by atoms with van der Waals surface area (Å²) in [4.78, 5) is 2.36. The molecule has 106 valence electrons. The topological polar surface area (TPSA) is 15.3 Å². The first-order valence-corrected chi connectivity index (χ1v) is 7.02. The first-order chi connectivity index (χ1) is 9.18. The normalized spacial score (nSPS) is 16.4. The van der Waals surface area contributed by atoms with Gasteiger partial charge in [0.1, 0.15) is 0 Å². The Morgan fingerprint density at radius 1 is 1.26 bits per heavy atom. The fourth-order valence-electron chi connectivity index (χ4n) is 2.69. The summed E-state index contributed by atoms with van der Waals surface area (Å²) in [5.74, 6) is -1.51. The van der Waals surface area contributed by atoms with Crippen LogP contribution in [0, 0.1) is 11.6 Å². The molecule has 1 N–H and O–H groups in total. The molecular weight excluding hydrogens is 246 g/mol. The van der Waals surface area contributed by atoms with Gasteiger partial charge >= 0.3 is 0 Å². The van der Waals surface area contributed by atoms with Gasteiger partial charge in [-0.1, -0.05) is 25.0 Å². The molecule has 0 heterocycles. The lowest BCUT2D eigenvalue weighted by Crippen LogP contribution is -2.35. The van der Waals surface area contributed by atoms with Crippen molar-refractivity contribution in [3.63, 3.8) is 0 Å². The fraction of sp³-hybridized carbons (Fsp3) is 0.600. The third-order valence-corrected chi connectivity index (χ3v) is 3.94. The van der Waals surface area contributed by atoms with Crippen molar-refractivity contribution in [1.29, 1.82) is 0 Å². The quantitative estimate of drug-likeness (QED) is 0.798. The summed E-state index contributed by atoms with van der Waals surface area (Å²) in [6.07, 6.45) is 5.23. The maximum Gasteiger partial charge on any atom is 0.163 e. The van der Waals surface area contributed by atoms with Crippen molar-refractivity contribution in [3.05, 3.63) is 35.4 Å². The van der Waals surface area contributed by atoms with E-state index in [9.17, 15) is 8.78 Å². The van der Waals surface area contributed by atoms with Gasteiger partial charge in [0.2, 0.25) is 0 Å². The van der Waals surface area contributed by atoms with Gasteiger partial charge in [-0.05, 0) is 26.0 Å². The zero-order valence-corrected chi connectivity index (χ0v) is 11.5. The molecule has 1 aromatic carbocycles. The number of benzene rings is 1. The largest absolute Gasteiger partial charge is 0.311 e. The van der Waals surface area contributed by atoms with Crippen LogP contribution in [0.25, 0.3) is 0 Å². The predicted molar refractivity (Wildman–Crippen MR) is 73.0 cm³/mol. The lowest BCUT2D eigenvalue weighted by atomic mass is 10.2. The average Bonchev–Trinajstić information content (AvgIpc) is 2.93. The van der Waals surface area contributed by atoms with Crippen LogP contribution in [0.3, 0.4) is 0 Å². The lowest BCUT2D eigenvalue weighted by Gasteiger charge is -2.24. The van der Waals surface area contributed by atoms with Gasteiger partial charge < -0.3 is 10.2 Å². The number of likely N-dealkylation sites (N-methyl/N-ethyl adjacent to an activating group) is 1. The molecule has 1 saturated carbocycles. The standard InChI is InChI=1S/C15H22F2N2/c1-19(13-6-2-3-7-13)10-9-18-11-12-5-4-8-14(16)15(12)17/h4-5,8,13,18H,2-3,6-7,9-11H2,1H3. The van der Waals surface area contributed by atoms with Crippen molar-refractivity contribution >= 4 is 0 Å². The molecule has 1 aliphatic carbocycles. The minimum Gasteiger partial charge on any atom is -0.311 e. The van der Waals surface area contributed by atoms with E-state index in [0.717, 1.165) is 19.2 Å². The summed E-state index contributed by atoms with van der Waals surface area (Å²) in [5, 5.41) is 3.18. The Morgan fingerprint density at radius 2 is 2.00 bits per heavy atom. The van der Waals surface area contributed by atoms with Crippen molar-refractivity contribution in [2.45, 2.75) is 38.3 Å². The van der Waals surface area contributed by atoms with E-state index in [1.54, 1.807) is 12.1 Å². The number of rotatable bonds is 6. The molecule has 0 unspecified atom stereocenters. The molecule has 0 saturated heterocycles. The van der Waals surface area contributed by atoms with Crippen molar-refractivity contribution in [2.75, 3.05) is 20.1 Å². The van der Waals surface area contributed by atoms with Crippen LogP contribution < -0.4 is 5.32 Å². The van der Waals surface area contributed by atoms with E-state index in [4.69, 9.17) is 0 Å². The number of nitrogens with zero attached hydrogens (tertiary/aromatic N) is 1. The second-order valence-electron chi connectivity index (χ2n) is 5.31. The van der Waals surface area contributed by atoms with Crippen LogP contribution >= 0.6 is 0 Å². The fourth-order valence-corrected chi connectivity index (χ4v) is 2.69. The van der Waals surface area contributed by atoms with Gasteiger partial charge in [-0.25, -0.2) is 8.78 Å². The molecule has 0 atom stereocenters. The van der Waals surface area contributed by atoms with E-state index < -0.39 is 11.6 Å². The minimum absolute atomic E-state index is 0.377. The second kappa shape index (κ2) is 6.96. The van der Waals surface area contributed by atoms with E-state index in [1.807, 2.05) is 0 Å². The average molecular weight is 268 g/mol. The third-order valence-electron chi connectivity index (χ3n) is 3.94. The van der Waals surface area contributed by atoms with Crippen LogP contribution in [0.4, 0.5) is 8.78 Å². The van der Waals surface area contributed by atoms with E-state index in [0.29, 0.717) is 18.2 Å². The van der Waals surface area contributed by atoms with Crippen LogP contribution in [0.2, 0.25) is 0 Å². The molecule has 1 fully saturated rings. The van der Waals surface area contributed by atoms with Gasteiger partial charge in [-0.2, -0.15) is 0 Å².